The van der Waals surface area contributed by atoms with Gasteiger partial charge in [0.15, 0.2) is 0 Å². The van der Waals surface area contributed by atoms with Crippen LogP contribution in [0.1, 0.15) is 55.7 Å². The quantitative estimate of drug-likeness (QED) is 0.568. The topological polar surface area (TPSA) is 80.2 Å². The zero-order valence-electron chi connectivity index (χ0n) is 20.7. The number of carbonyl (C=O) groups is 2. The van der Waals surface area contributed by atoms with Gasteiger partial charge in [-0.05, 0) is 37.8 Å². The predicted molar refractivity (Wildman–Crippen MR) is 137 cm³/mol. The van der Waals surface area contributed by atoms with E-state index < -0.39 is 12.3 Å². The van der Waals surface area contributed by atoms with Crippen LogP contribution in [0.4, 0.5) is 10.5 Å². The molecule has 0 aromatic heterocycles. The molecule has 186 valence electrons. The molecule has 2 aromatic rings. The summed E-state index contributed by atoms with van der Waals surface area (Å²) < 4.78 is 10.7. The van der Waals surface area contributed by atoms with E-state index in [4.69, 9.17) is 14.5 Å². The summed E-state index contributed by atoms with van der Waals surface area (Å²) >= 11 is 0. The number of aryl methyl sites for hydroxylation is 1. The number of benzene rings is 2. The Balaban J connectivity index is 1.61. The molecule has 1 amide bonds. The van der Waals surface area contributed by atoms with Gasteiger partial charge in [-0.25, -0.2) is 4.79 Å². The fraction of sp³-hybridized carbons (Fsp3) is 0.464. The molecule has 1 heterocycles. The second-order valence-corrected chi connectivity index (χ2v) is 9.23. The molecule has 1 N–H and O–H groups in total. The lowest BCUT2D eigenvalue weighted by molar-refractivity contribution is -0.141. The molecule has 1 atom stereocenters. The average molecular weight is 478 g/mol. The normalized spacial score (nSPS) is 18.2. The van der Waals surface area contributed by atoms with Crippen LogP contribution >= 0.6 is 0 Å². The van der Waals surface area contributed by atoms with Gasteiger partial charge in [0.1, 0.15) is 19.3 Å². The number of ether oxygens (including phenoxy) is 2. The largest absolute Gasteiger partial charge is 0.465 e. The van der Waals surface area contributed by atoms with Crippen LogP contribution in [0.2, 0.25) is 0 Å². The Morgan fingerprint density at radius 2 is 1.80 bits per heavy atom. The van der Waals surface area contributed by atoms with Gasteiger partial charge in [0.2, 0.25) is 0 Å². The van der Waals surface area contributed by atoms with Crippen LogP contribution in [0.3, 0.4) is 0 Å². The number of amides is 1. The van der Waals surface area contributed by atoms with Gasteiger partial charge in [-0.2, -0.15) is 0 Å². The molecular weight excluding hydrogens is 442 g/mol. The number of hydrogen-bond donors (Lipinski definition) is 1. The smallest absolute Gasteiger partial charge is 0.409 e. The van der Waals surface area contributed by atoms with E-state index in [1.807, 2.05) is 41.3 Å². The standard InChI is InChI=1S/C28H35N3O4/c1-3-34-25(32)18-31-17-24(30-28(33)35-19-21-12-6-4-7-13-21)29-26(22-14-8-5-9-15-22)23-16-10-11-20(2)27(23)31/h4,6-7,10-13,16,22,24H,3,5,8-9,14-15,17-19H2,1-2H3,(H,30,33). The molecule has 1 aliphatic carbocycles. The van der Waals surface area contributed by atoms with E-state index in [1.54, 1.807) is 6.92 Å². The van der Waals surface area contributed by atoms with E-state index >= 15 is 0 Å². The molecule has 1 fully saturated rings. The highest BCUT2D eigenvalue weighted by molar-refractivity contribution is 6.08. The molecule has 1 aliphatic heterocycles. The monoisotopic (exact) mass is 477 g/mol. The van der Waals surface area contributed by atoms with E-state index in [9.17, 15) is 9.59 Å². The fourth-order valence-corrected chi connectivity index (χ4v) is 5.05. The first-order valence-corrected chi connectivity index (χ1v) is 12.6. The van der Waals surface area contributed by atoms with Gasteiger partial charge in [-0.15, -0.1) is 0 Å². The number of benzodiazepines with no additional fused rings is 1. The number of carbonyl (C=O) groups excluding carboxylic acids is 2. The molecule has 7 nitrogen and oxygen atoms in total. The van der Waals surface area contributed by atoms with Gasteiger partial charge < -0.3 is 14.4 Å². The Morgan fingerprint density at radius 1 is 1.03 bits per heavy atom. The summed E-state index contributed by atoms with van der Waals surface area (Å²) in [6.45, 7) is 4.81. The average Bonchev–Trinajstić information content (AvgIpc) is 3.01. The van der Waals surface area contributed by atoms with Crippen LogP contribution in [0.5, 0.6) is 0 Å². The molecule has 35 heavy (non-hydrogen) atoms. The Labute approximate surface area is 207 Å². The van der Waals surface area contributed by atoms with Crippen molar-refractivity contribution in [1.82, 2.24) is 5.32 Å². The van der Waals surface area contributed by atoms with Gasteiger partial charge in [0.25, 0.3) is 0 Å². The third-order valence-electron chi connectivity index (χ3n) is 6.63. The van der Waals surface area contributed by atoms with Crippen molar-refractivity contribution in [3.63, 3.8) is 0 Å². The summed E-state index contributed by atoms with van der Waals surface area (Å²) in [5.74, 6) is 0.0321. The van der Waals surface area contributed by atoms with E-state index in [0.717, 1.165) is 40.9 Å². The summed E-state index contributed by atoms with van der Waals surface area (Å²) in [5, 5.41) is 2.95. The second-order valence-electron chi connectivity index (χ2n) is 9.23. The van der Waals surface area contributed by atoms with Crippen LogP contribution in [-0.4, -0.2) is 43.6 Å². The highest BCUT2D eigenvalue weighted by Crippen LogP contribution is 2.35. The highest BCUT2D eigenvalue weighted by atomic mass is 16.5. The Kier molecular flexibility index (Phi) is 8.40. The highest BCUT2D eigenvalue weighted by Gasteiger charge is 2.31. The molecule has 0 bridgehead atoms. The Bertz CT molecular complexity index is 1050. The van der Waals surface area contributed by atoms with Crippen molar-refractivity contribution in [2.45, 2.75) is 58.7 Å². The van der Waals surface area contributed by atoms with Gasteiger partial charge in [-0.1, -0.05) is 67.8 Å². The summed E-state index contributed by atoms with van der Waals surface area (Å²) in [5.41, 5.74) is 5.04. The minimum absolute atomic E-state index is 0.0937. The lowest BCUT2D eigenvalue weighted by Crippen LogP contribution is -2.44. The molecule has 0 radical (unpaired) electrons. The van der Waals surface area contributed by atoms with Gasteiger partial charge in [-0.3, -0.25) is 15.1 Å². The zero-order chi connectivity index (χ0) is 24.6. The lowest BCUT2D eigenvalue weighted by atomic mass is 9.82. The number of rotatable bonds is 7. The molecule has 7 heteroatoms. The summed E-state index contributed by atoms with van der Waals surface area (Å²) in [7, 11) is 0. The summed E-state index contributed by atoms with van der Waals surface area (Å²) in [6, 6.07) is 15.8. The molecule has 1 unspecified atom stereocenters. The molecule has 2 aromatic carbocycles. The number of hydrogen-bond acceptors (Lipinski definition) is 6. The summed E-state index contributed by atoms with van der Waals surface area (Å²) in [4.78, 5) is 32.3. The van der Waals surface area contributed by atoms with Crippen molar-refractivity contribution in [2.75, 3.05) is 24.6 Å². The number of esters is 1. The second kappa shape index (κ2) is 11.9. The van der Waals surface area contributed by atoms with Gasteiger partial charge in [0.05, 0.1) is 13.2 Å². The minimum Gasteiger partial charge on any atom is -0.465 e. The number of para-hydroxylation sites is 1. The third kappa shape index (κ3) is 6.41. The van der Waals surface area contributed by atoms with Crippen LogP contribution in [0.15, 0.2) is 53.5 Å². The maximum absolute atomic E-state index is 12.7. The van der Waals surface area contributed by atoms with E-state index in [0.29, 0.717) is 19.1 Å². The number of fused-ring (bicyclic) bond motifs is 1. The first kappa shape index (κ1) is 24.8. The van der Waals surface area contributed by atoms with Gasteiger partial charge >= 0.3 is 12.1 Å². The van der Waals surface area contributed by atoms with Crippen molar-refractivity contribution >= 4 is 23.5 Å². The van der Waals surface area contributed by atoms with Crippen LogP contribution in [0.25, 0.3) is 0 Å². The lowest BCUT2D eigenvalue weighted by Gasteiger charge is -2.28. The maximum Gasteiger partial charge on any atom is 0.409 e. The van der Waals surface area contributed by atoms with Crippen molar-refractivity contribution in [1.29, 1.82) is 0 Å². The first-order valence-electron chi connectivity index (χ1n) is 12.6. The molecule has 4 rings (SSSR count). The van der Waals surface area contributed by atoms with Crippen LogP contribution in [0, 0.1) is 12.8 Å². The molecule has 1 saturated carbocycles. The number of nitrogens with one attached hydrogen (secondary N) is 1. The van der Waals surface area contributed by atoms with Crippen molar-refractivity contribution < 1.29 is 19.1 Å². The van der Waals surface area contributed by atoms with Crippen molar-refractivity contribution in [3.05, 3.63) is 65.2 Å². The molecular formula is C28H35N3O4. The van der Waals surface area contributed by atoms with Gasteiger partial charge in [0, 0.05) is 22.9 Å². The number of nitrogens with zero attached hydrogens (tertiary/aromatic N) is 2. The first-order chi connectivity index (χ1) is 17.0. The zero-order valence-corrected chi connectivity index (χ0v) is 20.7. The maximum atomic E-state index is 12.7. The minimum atomic E-state index is -0.545. The van der Waals surface area contributed by atoms with Crippen LogP contribution in [-0.2, 0) is 20.9 Å². The molecule has 0 spiro atoms. The third-order valence-corrected chi connectivity index (χ3v) is 6.63. The fourth-order valence-electron chi connectivity index (χ4n) is 5.05. The molecule has 2 aliphatic rings. The number of anilines is 1. The van der Waals surface area contributed by atoms with Crippen molar-refractivity contribution in [2.24, 2.45) is 10.9 Å². The Morgan fingerprint density at radius 3 is 2.54 bits per heavy atom. The van der Waals surface area contributed by atoms with E-state index in [-0.39, 0.29) is 19.1 Å². The number of aliphatic imine (C=N–C) groups is 1. The van der Waals surface area contributed by atoms with E-state index in [1.165, 1.54) is 19.3 Å². The predicted octanol–water partition coefficient (Wildman–Crippen LogP) is 5.00. The number of alkyl carbamates (subject to hydrolysis) is 1. The SMILES string of the molecule is CCOC(=O)CN1CC(NC(=O)OCc2ccccc2)N=C(C2CCCCC2)c2cccc(C)c21. The van der Waals surface area contributed by atoms with Crippen molar-refractivity contribution in [3.8, 4) is 0 Å². The molecule has 0 saturated heterocycles. The van der Waals surface area contributed by atoms with E-state index in [2.05, 4.69) is 24.4 Å². The summed E-state index contributed by atoms with van der Waals surface area (Å²) in [6.07, 6.45) is 4.68. The van der Waals surface area contributed by atoms with Crippen LogP contribution < -0.4 is 10.2 Å². The Hall–Kier alpha value is -3.35.